The molecule has 1 aliphatic carbocycles. The molecule has 0 bridgehead atoms. The second-order valence-corrected chi connectivity index (χ2v) is 8.03. The van der Waals surface area contributed by atoms with Gasteiger partial charge in [0.05, 0.1) is 6.61 Å². The number of ether oxygens (including phenoxy) is 1. The normalized spacial score (nSPS) is 16.7. The highest BCUT2D eigenvalue weighted by Gasteiger charge is 2.15. The first-order valence-corrected chi connectivity index (χ1v) is 11.2. The maximum Gasteiger partial charge on any atom is 0.201 e. The fraction of sp³-hybridized carbons (Fsp3) is 0.407. The van der Waals surface area contributed by atoms with Gasteiger partial charge in [0.2, 0.25) is 5.82 Å². The highest BCUT2D eigenvalue weighted by Crippen LogP contribution is 2.31. The molecule has 2 aromatic carbocycles. The van der Waals surface area contributed by atoms with Crippen molar-refractivity contribution in [1.29, 1.82) is 0 Å². The van der Waals surface area contributed by atoms with E-state index in [4.69, 9.17) is 4.74 Å². The smallest absolute Gasteiger partial charge is 0.201 e. The van der Waals surface area contributed by atoms with Gasteiger partial charge in [-0.25, -0.2) is 4.39 Å². The Morgan fingerprint density at radius 1 is 1.03 bits per heavy atom. The number of allylic oxidation sites excluding steroid dienone is 3. The van der Waals surface area contributed by atoms with Crippen LogP contribution in [0.25, 0.3) is 17.2 Å². The Labute approximate surface area is 179 Å². The fourth-order valence-corrected chi connectivity index (χ4v) is 4.10. The third kappa shape index (κ3) is 5.81. The molecule has 1 aliphatic rings. The molecular formula is C27H32F2O. The molecule has 0 N–H and O–H groups in total. The molecule has 0 amide bonds. The Hall–Kier alpha value is -2.42. The number of hydrogen-bond acceptors (Lipinski definition) is 1. The summed E-state index contributed by atoms with van der Waals surface area (Å²) < 4.78 is 33.6. The van der Waals surface area contributed by atoms with Gasteiger partial charge < -0.3 is 4.74 Å². The molecule has 1 unspecified atom stereocenters. The van der Waals surface area contributed by atoms with E-state index in [0.29, 0.717) is 12.2 Å². The molecule has 160 valence electrons. The van der Waals surface area contributed by atoms with E-state index in [1.165, 1.54) is 44.6 Å². The first kappa shape index (κ1) is 22.3. The molecule has 1 atom stereocenters. The van der Waals surface area contributed by atoms with Gasteiger partial charge in [-0.3, -0.25) is 0 Å². The molecule has 0 heterocycles. The van der Waals surface area contributed by atoms with Crippen LogP contribution in [0.4, 0.5) is 8.78 Å². The zero-order chi connectivity index (χ0) is 21.3. The Morgan fingerprint density at radius 3 is 2.50 bits per heavy atom. The molecule has 2 aromatic rings. The average molecular weight is 411 g/mol. The molecule has 0 saturated carbocycles. The van der Waals surface area contributed by atoms with E-state index >= 15 is 0 Å². The molecule has 3 heteroatoms. The van der Waals surface area contributed by atoms with Crippen molar-refractivity contribution < 1.29 is 13.5 Å². The zero-order valence-corrected chi connectivity index (χ0v) is 18.1. The Balaban J connectivity index is 1.54. The molecule has 0 spiro atoms. The van der Waals surface area contributed by atoms with Crippen LogP contribution in [-0.4, -0.2) is 6.61 Å². The van der Waals surface area contributed by atoms with Gasteiger partial charge in [0, 0.05) is 5.56 Å². The monoisotopic (exact) mass is 410 g/mol. The van der Waals surface area contributed by atoms with E-state index < -0.39 is 11.6 Å². The number of benzene rings is 2. The third-order valence-electron chi connectivity index (χ3n) is 5.80. The van der Waals surface area contributed by atoms with Crippen LogP contribution in [-0.2, 0) is 0 Å². The van der Waals surface area contributed by atoms with Crippen molar-refractivity contribution in [3.8, 4) is 16.9 Å². The van der Waals surface area contributed by atoms with Gasteiger partial charge in [0.25, 0.3) is 0 Å². The minimum absolute atomic E-state index is 0.0478. The highest BCUT2D eigenvalue weighted by molar-refractivity contribution is 5.67. The van der Waals surface area contributed by atoms with Gasteiger partial charge in [-0.15, -0.1) is 0 Å². The Bertz CT molecular complexity index is 880. The summed E-state index contributed by atoms with van der Waals surface area (Å²) in [6.45, 7) is 4.29. The van der Waals surface area contributed by atoms with Crippen molar-refractivity contribution in [3.05, 3.63) is 71.3 Å². The highest BCUT2D eigenvalue weighted by atomic mass is 19.2. The van der Waals surface area contributed by atoms with E-state index in [2.05, 4.69) is 25.2 Å². The molecule has 3 rings (SSSR count). The lowest BCUT2D eigenvalue weighted by atomic mass is 9.85. The van der Waals surface area contributed by atoms with Crippen LogP contribution in [0.3, 0.4) is 0 Å². The molecule has 1 nitrogen and oxygen atoms in total. The molecule has 30 heavy (non-hydrogen) atoms. The van der Waals surface area contributed by atoms with Crippen LogP contribution >= 0.6 is 0 Å². The third-order valence-corrected chi connectivity index (χ3v) is 5.80. The van der Waals surface area contributed by atoms with Crippen LogP contribution in [0.5, 0.6) is 5.75 Å². The number of halogens is 2. The van der Waals surface area contributed by atoms with Crippen molar-refractivity contribution in [2.45, 2.75) is 58.8 Å². The summed E-state index contributed by atoms with van der Waals surface area (Å²) in [5.74, 6) is -1.05. The standard InChI is InChI=1S/C27H32F2O/c1-3-7-20-10-12-21(13-11-20)8-5-6-9-22-14-16-23(17-15-22)24-18-19-25(30-4-2)27(29)26(24)28/h6,9-10,14-19,21H,3-5,7-8,11-13H2,1-2H3/b9-6+. The van der Waals surface area contributed by atoms with Crippen LogP contribution in [0.15, 0.2) is 54.1 Å². The summed E-state index contributed by atoms with van der Waals surface area (Å²) in [5.41, 5.74) is 3.62. The first-order chi connectivity index (χ1) is 14.6. The minimum Gasteiger partial charge on any atom is -0.491 e. The van der Waals surface area contributed by atoms with Crippen molar-refractivity contribution >= 4 is 6.08 Å². The second kappa shape index (κ2) is 11.1. The van der Waals surface area contributed by atoms with E-state index in [9.17, 15) is 8.78 Å². The largest absolute Gasteiger partial charge is 0.491 e. The van der Waals surface area contributed by atoms with Crippen molar-refractivity contribution in [1.82, 2.24) is 0 Å². The van der Waals surface area contributed by atoms with E-state index in [1.54, 1.807) is 18.6 Å². The summed E-state index contributed by atoms with van der Waals surface area (Å²) in [6, 6.07) is 10.6. The lowest BCUT2D eigenvalue weighted by Crippen LogP contribution is -2.05. The number of hydrogen-bond donors (Lipinski definition) is 0. The van der Waals surface area contributed by atoms with Gasteiger partial charge in [0.1, 0.15) is 0 Å². The van der Waals surface area contributed by atoms with Gasteiger partial charge in [-0.2, -0.15) is 4.39 Å². The van der Waals surface area contributed by atoms with Gasteiger partial charge in [-0.05, 0) is 74.6 Å². The van der Waals surface area contributed by atoms with Gasteiger partial charge in [0.15, 0.2) is 11.6 Å². The summed E-state index contributed by atoms with van der Waals surface area (Å²) >= 11 is 0. The Morgan fingerprint density at radius 2 is 1.83 bits per heavy atom. The summed E-state index contributed by atoms with van der Waals surface area (Å²) in [7, 11) is 0. The molecule has 0 aromatic heterocycles. The minimum atomic E-state index is -0.933. The van der Waals surface area contributed by atoms with Crippen molar-refractivity contribution in [2.24, 2.45) is 5.92 Å². The van der Waals surface area contributed by atoms with E-state index in [1.807, 2.05) is 24.3 Å². The predicted molar refractivity (Wildman–Crippen MR) is 122 cm³/mol. The Kier molecular flexibility index (Phi) is 8.24. The quantitative estimate of drug-likeness (QED) is 0.377. The molecule has 0 saturated heterocycles. The van der Waals surface area contributed by atoms with Crippen LogP contribution in [0.2, 0.25) is 0 Å². The van der Waals surface area contributed by atoms with E-state index in [0.717, 1.165) is 17.9 Å². The molecular weight excluding hydrogens is 378 g/mol. The summed E-state index contributed by atoms with van der Waals surface area (Å²) in [5, 5.41) is 0. The number of rotatable bonds is 9. The maximum absolute atomic E-state index is 14.4. The predicted octanol–water partition coefficient (Wildman–Crippen LogP) is 8.35. The SMILES string of the molecule is CCCC1=CCC(CC/C=C/c2ccc(-c3ccc(OCC)c(F)c3F)cc2)CC1. The van der Waals surface area contributed by atoms with Crippen molar-refractivity contribution in [3.63, 3.8) is 0 Å². The maximum atomic E-state index is 14.4. The van der Waals surface area contributed by atoms with Crippen molar-refractivity contribution in [2.75, 3.05) is 6.61 Å². The lowest BCUT2D eigenvalue weighted by molar-refractivity contribution is 0.314. The first-order valence-electron chi connectivity index (χ1n) is 11.2. The molecule has 0 radical (unpaired) electrons. The van der Waals surface area contributed by atoms with Crippen LogP contribution in [0, 0.1) is 17.6 Å². The van der Waals surface area contributed by atoms with Crippen LogP contribution < -0.4 is 4.74 Å². The summed E-state index contributed by atoms with van der Waals surface area (Å²) in [4.78, 5) is 0. The topological polar surface area (TPSA) is 9.23 Å². The zero-order valence-electron chi connectivity index (χ0n) is 18.1. The van der Waals surface area contributed by atoms with Gasteiger partial charge in [-0.1, -0.05) is 61.4 Å². The van der Waals surface area contributed by atoms with E-state index in [-0.39, 0.29) is 11.3 Å². The average Bonchev–Trinajstić information content (AvgIpc) is 2.77. The molecule has 0 aliphatic heterocycles. The second-order valence-electron chi connectivity index (χ2n) is 8.03. The fourth-order valence-electron chi connectivity index (χ4n) is 4.10. The molecule has 0 fully saturated rings. The van der Waals surface area contributed by atoms with Gasteiger partial charge >= 0.3 is 0 Å². The van der Waals surface area contributed by atoms with Crippen LogP contribution in [0.1, 0.15) is 64.4 Å². The summed E-state index contributed by atoms with van der Waals surface area (Å²) in [6.07, 6.45) is 15.4. The lowest BCUT2D eigenvalue weighted by Gasteiger charge is -2.21.